The largest absolute Gasteiger partial charge is 0.462 e. The van der Waals surface area contributed by atoms with Gasteiger partial charge in [0, 0.05) is 18.7 Å². The van der Waals surface area contributed by atoms with E-state index in [0.29, 0.717) is 40.3 Å². The first kappa shape index (κ1) is 34.3. The van der Waals surface area contributed by atoms with Crippen LogP contribution in [0.1, 0.15) is 47.7 Å². The molecule has 1 amide bonds. The quantitative estimate of drug-likeness (QED) is 0.214. The Labute approximate surface area is 273 Å². The lowest BCUT2D eigenvalue weighted by atomic mass is 9.83. The molecule has 13 heteroatoms. The first-order chi connectivity index (χ1) is 22.5. The molecule has 0 spiro atoms. The first-order valence-corrected chi connectivity index (χ1v) is 17.3. The molecule has 2 aromatic rings. The van der Waals surface area contributed by atoms with E-state index in [9.17, 15) is 26.8 Å². The molecule has 3 aliphatic rings. The van der Waals surface area contributed by atoms with Crippen molar-refractivity contribution in [2.24, 2.45) is 11.8 Å². The molecular weight excluding hydrogens is 634 g/mol. The summed E-state index contributed by atoms with van der Waals surface area (Å²) in [5, 5.41) is 2.68. The van der Waals surface area contributed by atoms with Gasteiger partial charge >= 0.3 is 5.97 Å². The lowest BCUT2D eigenvalue weighted by Crippen LogP contribution is -2.35. The molecule has 0 saturated heterocycles. The number of nitrogens with zero attached hydrogens (tertiary/aromatic N) is 1. The normalized spacial score (nSPS) is 17.6. The van der Waals surface area contributed by atoms with Crippen LogP contribution in [-0.4, -0.2) is 70.9 Å². The molecule has 0 bridgehead atoms. The van der Waals surface area contributed by atoms with Gasteiger partial charge in [-0.15, -0.1) is 0 Å². The third kappa shape index (κ3) is 8.09. The fourth-order valence-electron chi connectivity index (χ4n) is 5.73. The van der Waals surface area contributed by atoms with Crippen LogP contribution in [0.15, 0.2) is 71.1 Å². The third-order valence-corrected chi connectivity index (χ3v) is 9.29. The SMILES string of the molecule is CCOC(=O)c1cc(COCCOCCN(C2=C(C3CC3)CC3C(=C2)OC(c2ccc(F)cc2)=C3C(=O)NC)S(C)(=O)=O)ccc1F. The topological polar surface area (TPSA) is 120 Å². The standard InChI is InChI=1S/C34H38F2N2O8S/c1-4-45-34(40)26-17-21(5-12-28(26)36)20-44-16-15-43-14-13-38(47(3,41)42)29-19-30-27(18-25(29)22-6-7-22)31(33(39)37-2)32(46-30)23-8-10-24(35)11-9-23/h5,8-12,17,19,22,27H,4,6-7,13-16,18,20H2,1-3H3,(H,37,39). The van der Waals surface area contributed by atoms with Crippen LogP contribution in [0.2, 0.25) is 0 Å². The number of nitrogens with one attached hydrogen (secondary N) is 1. The zero-order chi connectivity index (χ0) is 33.7. The number of rotatable bonds is 15. The van der Waals surface area contributed by atoms with Gasteiger partial charge in [0.25, 0.3) is 5.91 Å². The van der Waals surface area contributed by atoms with Crippen LogP contribution in [0.25, 0.3) is 5.76 Å². The minimum Gasteiger partial charge on any atom is -0.462 e. The predicted molar refractivity (Wildman–Crippen MR) is 169 cm³/mol. The van der Waals surface area contributed by atoms with E-state index >= 15 is 0 Å². The fraction of sp³-hybridized carbons (Fsp3) is 0.412. The zero-order valence-corrected chi connectivity index (χ0v) is 27.3. The van der Waals surface area contributed by atoms with Gasteiger partial charge in [-0.2, -0.15) is 0 Å². The average Bonchev–Trinajstić information content (AvgIpc) is 3.82. The van der Waals surface area contributed by atoms with Gasteiger partial charge < -0.3 is 24.3 Å². The lowest BCUT2D eigenvalue weighted by molar-refractivity contribution is -0.117. The number of esters is 1. The number of likely N-dealkylation sites (N-methyl/N-ethyl adjacent to an activating group) is 1. The Morgan fingerprint density at radius 3 is 2.43 bits per heavy atom. The summed E-state index contributed by atoms with van der Waals surface area (Å²) in [6.45, 7) is 2.36. The fourth-order valence-corrected chi connectivity index (χ4v) is 6.66. The van der Waals surface area contributed by atoms with E-state index in [1.165, 1.54) is 41.7 Å². The molecule has 1 atom stereocenters. The summed E-state index contributed by atoms with van der Waals surface area (Å²) in [7, 11) is -2.19. The number of fused-ring (bicyclic) bond motifs is 1. The van der Waals surface area contributed by atoms with Gasteiger partial charge in [0.1, 0.15) is 23.2 Å². The van der Waals surface area contributed by atoms with Crippen molar-refractivity contribution in [3.63, 3.8) is 0 Å². The number of sulfonamides is 1. The molecule has 10 nitrogen and oxygen atoms in total. The smallest absolute Gasteiger partial charge is 0.341 e. The summed E-state index contributed by atoms with van der Waals surface area (Å²) >= 11 is 0. The molecule has 0 aromatic heterocycles. The van der Waals surface area contributed by atoms with Crippen molar-refractivity contribution in [2.75, 3.05) is 46.3 Å². The number of benzene rings is 2. The zero-order valence-electron chi connectivity index (χ0n) is 26.5. The van der Waals surface area contributed by atoms with Crippen molar-refractivity contribution < 1.29 is 45.7 Å². The van der Waals surface area contributed by atoms with Gasteiger partial charge in [0.05, 0.1) is 68.6 Å². The van der Waals surface area contributed by atoms with Crippen LogP contribution in [0.3, 0.4) is 0 Å². The van der Waals surface area contributed by atoms with Crippen molar-refractivity contribution in [2.45, 2.75) is 32.8 Å². The van der Waals surface area contributed by atoms with E-state index < -0.39 is 33.5 Å². The molecule has 252 valence electrons. The van der Waals surface area contributed by atoms with Gasteiger partial charge in [0.2, 0.25) is 10.0 Å². The van der Waals surface area contributed by atoms with Gasteiger partial charge in [-0.3, -0.25) is 9.10 Å². The van der Waals surface area contributed by atoms with E-state index in [4.69, 9.17) is 18.9 Å². The highest BCUT2D eigenvalue weighted by Crippen LogP contribution is 2.51. The summed E-state index contributed by atoms with van der Waals surface area (Å²) in [5.74, 6) is -1.58. The molecule has 2 aromatic carbocycles. The molecule has 1 saturated carbocycles. The van der Waals surface area contributed by atoms with Gasteiger partial charge in [-0.1, -0.05) is 6.07 Å². The van der Waals surface area contributed by atoms with Crippen molar-refractivity contribution in [3.8, 4) is 0 Å². The van der Waals surface area contributed by atoms with Crippen LogP contribution >= 0.6 is 0 Å². The average molecular weight is 673 g/mol. The van der Waals surface area contributed by atoms with E-state index in [2.05, 4.69) is 5.32 Å². The van der Waals surface area contributed by atoms with E-state index in [1.54, 1.807) is 25.1 Å². The van der Waals surface area contributed by atoms with Gasteiger partial charge in [-0.05, 0) is 79.6 Å². The minimum absolute atomic E-state index is 0.0419. The number of carbonyl (C=O) groups is 2. The minimum atomic E-state index is -3.73. The summed E-state index contributed by atoms with van der Waals surface area (Å²) < 4.78 is 77.6. The van der Waals surface area contributed by atoms with Crippen LogP contribution in [0.5, 0.6) is 0 Å². The number of hydrogen-bond donors (Lipinski definition) is 1. The molecule has 1 fully saturated rings. The Kier molecular flexibility index (Phi) is 10.8. The van der Waals surface area contributed by atoms with Crippen LogP contribution < -0.4 is 5.32 Å². The van der Waals surface area contributed by atoms with Crippen LogP contribution in [0.4, 0.5) is 8.78 Å². The number of halogens is 2. The summed E-state index contributed by atoms with van der Waals surface area (Å²) in [4.78, 5) is 25.0. The third-order valence-electron chi connectivity index (χ3n) is 8.11. The van der Waals surface area contributed by atoms with Crippen molar-refractivity contribution in [3.05, 3.63) is 99.5 Å². The number of amides is 1. The van der Waals surface area contributed by atoms with Crippen LogP contribution in [0, 0.1) is 23.5 Å². The summed E-state index contributed by atoms with van der Waals surface area (Å²) in [5.41, 5.74) is 2.86. The van der Waals surface area contributed by atoms with Crippen LogP contribution in [-0.2, 0) is 40.4 Å². The molecule has 1 heterocycles. The molecule has 1 N–H and O–H groups in total. The molecule has 2 aliphatic carbocycles. The van der Waals surface area contributed by atoms with E-state index in [-0.39, 0.29) is 57.0 Å². The highest BCUT2D eigenvalue weighted by Gasteiger charge is 2.44. The van der Waals surface area contributed by atoms with Gasteiger partial charge in [-0.25, -0.2) is 22.0 Å². The number of allylic oxidation sites excluding steroid dienone is 3. The summed E-state index contributed by atoms with van der Waals surface area (Å²) in [6.07, 6.45) is 5.10. The Balaban J connectivity index is 1.24. The molecule has 1 aliphatic heterocycles. The Morgan fingerprint density at radius 1 is 1.04 bits per heavy atom. The maximum absolute atomic E-state index is 14.0. The highest BCUT2D eigenvalue weighted by atomic mass is 32.2. The number of hydrogen-bond acceptors (Lipinski definition) is 8. The van der Waals surface area contributed by atoms with Crippen molar-refractivity contribution >= 4 is 27.7 Å². The molecular formula is C34H38F2N2O8S. The van der Waals surface area contributed by atoms with Crippen molar-refractivity contribution in [1.82, 2.24) is 9.62 Å². The maximum Gasteiger partial charge on any atom is 0.341 e. The Hall–Kier alpha value is -4.07. The molecule has 5 rings (SSSR count). The summed E-state index contributed by atoms with van der Waals surface area (Å²) in [6, 6.07) is 9.77. The second-order valence-corrected chi connectivity index (χ2v) is 13.4. The molecule has 1 unspecified atom stereocenters. The van der Waals surface area contributed by atoms with E-state index in [1.807, 2.05) is 0 Å². The highest BCUT2D eigenvalue weighted by molar-refractivity contribution is 7.88. The Morgan fingerprint density at radius 2 is 1.77 bits per heavy atom. The molecule has 0 radical (unpaired) electrons. The monoisotopic (exact) mass is 672 g/mol. The predicted octanol–water partition coefficient (Wildman–Crippen LogP) is 4.69. The van der Waals surface area contributed by atoms with E-state index in [0.717, 1.165) is 24.7 Å². The maximum atomic E-state index is 14.0. The van der Waals surface area contributed by atoms with Crippen molar-refractivity contribution in [1.29, 1.82) is 0 Å². The van der Waals surface area contributed by atoms with Gasteiger partial charge in [0.15, 0.2) is 0 Å². The lowest BCUT2D eigenvalue weighted by Gasteiger charge is -2.31. The number of carbonyl (C=O) groups excluding carboxylic acids is 2. The Bertz CT molecular complexity index is 1720. The molecule has 47 heavy (non-hydrogen) atoms. The second kappa shape index (κ2) is 14.8. The number of ether oxygens (including phenoxy) is 4. The first-order valence-electron chi connectivity index (χ1n) is 15.4. The second-order valence-electron chi connectivity index (χ2n) is 11.5.